The Hall–Kier alpha value is -3.06. The lowest BCUT2D eigenvalue weighted by atomic mass is 9.95. The van der Waals surface area contributed by atoms with Crippen LogP contribution in [-0.2, 0) is 19.4 Å². The van der Waals surface area contributed by atoms with Crippen LogP contribution in [0.2, 0.25) is 0 Å². The van der Waals surface area contributed by atoms with Crippen LogP contribution in [0.4, 0.5) is 5.00 Å². The van der Waals surface area contributed by atoms with E-state index in [1.807, 2.05) is 30.3 Å². The molecule has 0 fully saturated rings. The molecule has 3 heterocycles. The molecule has 1 aliphatic carbocycles. The van der Waals surface area contributed by atoms with E-state index in [2.05, 4.69) is 10.3 Å². The standard InChI is InChI=1S/C22H20N2O4S/c25-21(23-12-15-4-3-9-26-15)20-16-5-1-2-6-19(16)29-22(20)24-11-14-7-8-17-18(10-14)28-13-27-17/h3-4,7-11H,1-2,5-6,12-13H2,(H,23,25)/b24-11-. The third kappa shape index (κ3) is 3.65. The predicted octanol–water partition coefficient (Wildman–Crippen LogP) is 4.63. The highest BCUT2D eigenvalue weighted by molar-refractivity contribution is 7.16. The average Bonchev–Trinajstić information content (AvgIpc) is 3.49. The number of aliphatic imine (C=N–C) groups is 1. The number of amides is 1. The number of carbonyl (C=O) groups is 1. The number of nitrogens with zero attached hydrogens (tertiary/aromatic N) is 1. The molecule has 148 valence electrons. The summed E-state index contributed by atoms with van der Waals surface area (Å²) in [7, 11) is 0. The van der Waals surface area contributed by atoms with Crippen molar-refractivity contribution in [3.63, 3.8) is 0 Å². The maximum absolute atomic E-state index is 13.0. The molecule has 2 aromatic heterocycles. The molecule has 0 radical (unpaired) electrons. The molecule has 1 aliphatic heterocycles. The predicted molar refractivity (Wildman–Crippen MR) is 111 cm³/mol. The number of benzene rings is 1. The number of fused-ring (bicyclic) bond motifs is 2. The number of thiophene rings is 1. The van der Waals surface area contributed by atoms with Crippen molar-refractivity contribution >= 4 is 28.5 Å². The number of ether oxygens (including phenoxy) is 2. The Bertz CT molecular complexity index is 1070. The lowest BCUT2D eigenvalue weighted by Crippen LogP contribution is -2.23. The second kappa shape index (κ2) is 7.75. The molecule has 29 heavy (non-hydrogen) atoms. The fraction of sp³-hybridized carbons (Fsp3) is 0.273. The minimum atomic E-state index is -0.0985. The van der Waals surface area contributed by atoms with E-state index < -0.39 is 0 Å². The highest BCUT2D eigenvalue weighted by Gasteiger charge is 2.25. The Morgan fingerprint density at radius 3 is 2.97 bits per heavy atom. The molecule has 0 unspecified atom stereocenters. The first-order chi connectivity index (χ1) is 14.3. The van der Waals surface area contributed by atoms with Crippen molar-refractivity contribution in [2.45, 2.75) is 32.2 Å². The van der Waals surface area contributed by atoms with Crippen LogP contribution in [-0.4, -0.2) is 18.9 Å². The highest BCUT2D eigenvalue weighted by atomic mass is 32.1. The summed E-state index contributed by atoms with van der Waals surface area (Å²) in [6.07, 6.45) is 7.59. The van der Waals surface area contributed by atoms with Gasteiger partial charge < -0.3 is 19.2 Å². The van der Waals surface area contributed by atoms with Gasteiger partial charge in [0.1, 0.15) is 10.8 Å². The summed E-state index contributed by atoms with van der Waals surface area (Å²) in [6.45, 7) is 0.606. The fourth-order valence-corrected chi connectivity index (χ4v) is 4.90. The normalized spacial score (nSPS) is 14.9. The smallest absolute Gasteiger partial charge is 0.255 e. The van der Waals surface area contributed by atoms with E-state index in [0.717, 1.165) is 59.1 Å². The third-order valence-corrected chi connectivity index (χ3v) is 6.31. The van der Waals surface area contributed by atoms with Gasteiger partial charge in [0, 0.05) is 11.1 Å². The fourth-order valence-electron chi connectivity index (χ4n) is 3.67. The van der Waals surface area contributed by atoms with Gasteiger partial charge in [0.25, 0.3) is 5.91 Å². The van der Waals surface area contributed by atoms with Gasteiger partial charge in [-0.1, -0.05) is 0 Å². The van der Waals surface area contributed by atoms with Gasteiger partial charge in [-0.05, 0) is 67.1 Å². The first-order valence-corrected chi connectivity index (χ1v) is 10.5. The molecule has 3 aromatic rings. The van der Waals surface area contributed by atoms with E-state index in [-0.39, 0.29) is 12.7 Å². The topological polar surface area (TPSA) is 73.1 Å². The summed E-state index contributed by atoms with van der Waals surface area (Å²) in [4.78, 5) is 19.0. The quantitative estimate of drug-likeness (QED) is 0.625. The van der Waals surface area contributed by atoms with Crippen LogP contribution in [0.15, 0.2) is 46.0 Å². The highest BCUT2D eigenvalue weighted by Crippen LogP contribution is 2.40. The Balaban J connectivity index is 1.42. The van der Waals surface area contributed by atoms with Crippen LogP contribution in [0.3, 0.4) is 0 Å². The van der Waals surface area contributed by atoms with Crippen LogP contribution in [0.1, 0.15) is 45.0 Å². The minimum absolute atomic E-state index is 0.0985. The van der Waals surface area contributed by atoms with Crippen molar-refractivity contribution in [1.82, 2.24) is 5.32 Å². The Morgan fingerprint density at radius 2 is 2.07 bits per heavy atom. The van der Waals surface area contributed by atoms with Crippen LogP contribution < -0.4 is 14.8 Å². The van der Waals surface area contributed by atoms with Crippen LogP contribution in [0.5, 0.6) is 11.5 Å². The molecule has 0 saturated heterocycles. The lowest BCUT2D eigenvalue weighted by Gasteiger charge is -2.12. The van der Waals surface area contributed by atoms with Gasteiger partial charge in [-0.15, -0.1) is 11.3 Å². The molecule has 1 aromatic carbocycles. The zero-order valence-corrected chi connectivity index (χ0v) is 16.6. The molecular formula is C22H20N2O4S. The lowest BCUT2D eigenvalue weighted by molar-refractivity contribution is 0.0948. The number of furan rings is 1. The summed E-state index contributed by atoms with van der Waals surface area (Å²) in [6, 6.07) is 9.37. The van der Waals surface area contributed by atoms with Gasteiger partial charge in [0.2, 0.25) is 6.79 Å². The van der Waals surface area contributed by atoms with Crippen molar-refractivity contribution in [1.29, 1.82) is 0 Å². The van der Waals surface area contributed by atoms with Gasteiger partial charge in [-0.2, -0.15) is 0 Å². The van der Waals surface area contributed by atoms with E-state index in [1.54, 1.807) is 23.8 Å². The molecule has 0 saturated carbocycles. The SMILES string of the molecule is O=C(NCc1ccco1)c1c(/N=C\c2ccc3c(c2)OCO3)sc2c1CCCC2. The number of hydrogen-bond donors (Lipinski definition) is 1. The summed E-state index contributed by atoms with van der Waals surface area (Å²) in [5.41, 5.74) is 2.76. The average molecular weight is 408 g/mol. The van der Waals surface area contributed by atoms with Crippen molar-refractivity contribution < 1.29 is 18.7 Å². The summed E-state index contributed by atoms with van der Waals surface area (Å²) >= 11 is 1.62. The van der Waals surface area contributed by atoms with E-state index in [4.69, 9.17) is 13.9 Å². The molecule has 0 atom stereocenters. The van der Waals surface area contributed by atoms with E-state index in [9.17, 15) is 4.79 Å². The zero-order valence-electron chi connectivity index (χ0n) is 15.8. The molecule has 0 bridgehead atoms. The maximum atomic E-state index is 13.0. The van der Waals surface area contributed by atoms with Gasteiger partial charge >= 0.3 is 0 Å². The van der Waals surface area contributed by atoms with Gasteiger partial charge in [0.05, 0.1) is 18.4 Å². The van der Waals surface area contributed by atoms with Crippen molar-refractivity contribution in [3.8, 4) is 11.5 Å². The van der Waals surface area contributed by atoms with E-state index in [0.29, 0.717) is 12.1 Å². The monoisotopic (exact) mass is 408 g/mol. The molecular weight excluding hydrogens is 388 g/mol. The number of hydrogen-bond acceptors (Lipinski definition) is 6. The number of nitrogens with one attached hydrogen (secondary N) is 1. The molecule has 7 heteroatoms. The van der Waals surface area contributed by atoms with Crippen molar-refractivity contribution in [2.75, 3.05) is 6.79 Å². The van der Waals surface area contributed by atoms with Crippen LogP contribution in [0, 0.1) is 0 Å². The Labute approximate surface area is 172 Å². The summed E-state index contributed by atoms with van der Waals surface area (Å²) < 4.78 is 16.1. The first-order valence-electron chi connectivity index (χ1n) is 9.67. The van der Waals surface area contributed by atoms with E-state index in [1.165, 1.54) is 4.88 Å². The third-order valence-electron chi connectivity index (χ3n) is 5.11. The summed E-state index contributed by atoms with van der Waals surface area (Å²) in [5, 5.41) is 3.73. The molecule has 1 N–H and O–H groups in total. The Morgan fingerprint density at radius 1 is 1.17 bits per heavy atom. The van der Waals surface area contributed by atoms with Gasteiger partial charge in [-0.25, -0.2) is 4.99 Å². The Kier molecular flexibility index (Phi) is 4.81. The second-order valence-corrected chi connectivity index (χ2v) is 8.11. The molecule has 2 aliphatic rings. The first kappa shape index (κ1) is 18.0. The number of carbonyl (C=O) groups excluding carboxylic acids is 1. The van der Waals surface area contributed by atoms with E-state index >= 15 is 0 Å². The van der Waals surface area contributed by atoms with Crippen LogP contribution >= 0.6 is 11.3 Å². The van der Waals surface area contributed by atoms with Gasteiger partial charge in [-0.3, -0.25) is 4.79 Å². The van der Waals surface area contributed by atoms with Crippen molar-refractivity contribution in [2.24, 2.45) is 4.99 Å². The second-order valence-electron chi connectivity index (χ2n) is 7.02. The van der Waals surface area contributed by atoms with Gasteiger partial charge in [0.15, 0.2) is 11.5 Å². The minimum Gasteiger partial charge on any atom is -0.467 e. The molecule has 0 spiro atoms. The molecule has 1 amide bonds. The van der Waals surface area contributed by atoms with Crippen LogP contribution in [0.25, 0.3) is 0 Å². The van der Waals surface area contributed by atoms with Crippen molar-refractivity contribution in [3.05, 3.63) is 63.9 Å². The largest absolute Gasteiger partial charge is 0.467 e. The number of aryl methyl sites for hydroxylation is 1. The molecule has 5 rings (SSSR count). The zero-order chi connectivity index (χ0) is 19.6. The summed E-state index contributed by atoms with van der Waals surface area (Å²) in [5.74, 6) is 2.09. The number of rotatable bonds is 5. The maximum Gasteiger partial charge on any atom is 0.255 e. The molecule has 6 nitrogen and oxygen atoms in total.